The number of aryl methyl sites for hydroxylation is 4. The van der Waals surface area contributed by atoms with Gasteiger partial charge in [0.15, 0.2) is 0 Å². The van der Waals surface area contributed by atoms with Gasteiger partial charge in [-0.1, -0.05) is 249 Å². The van der Waals surface area contributed by atoms with Crippen LogP contribution in [0.2, 0.25) is 0 Å². The van der Waals surface area contributed by atoms with Crippen molar-refractivity contribution in [3.63, 3.8) is 0 Å². The molecule has 6 rings (SSSR count). The molecule has 0 saturated carbocycles. The van der Waals surface area contributed by atoms with Gasteiger partial charge in [0.05, 0.1) is 0 Å². The maximum atomic E-state index is 12.2. The smallest absolute Gasteiger partial charge is 0.391 e. The lowest BCUT2D eigenvalue weighted by molar-refractivity contribution is 0.374. The van der Waals surface area contributed by atoms with Crippen LogP contribution in [0.4, 0.5) is 0 Å². The fourth-order valence-corrected chi connectivity index (χ4v) is 13.4. The van der Waals surface area contributed by atoms with Crippen LogP contribution in [0.3, 0.4) is 0 Å². The minimum absolute atomic E-state index is 0.348. The first-order valence-corrected chi connectivity index (χ1v) is 32.1. The van der Waals surface area contributed by atoms with E-state index in [2.05, 4.69) is 242 Å². The van der Waals surface area contributed by atoms with Crippen LogP contribution < -0.4 is 9.05 Å². The maximum absolute atomic E-state index is 12.2. The van der Waals surface area contributed by atoms with E-state index in [0.717, 1.165) is 121 Å². The van der Waals surface area contributed by atoms with Crippen molar-refractivity contribution in [2.24, 2.45) is 0 Å². The SMILES string of the molecule is Cc1cc(C(C)(C)C)c(-c2c(OP(O)O)c(-c3c(C(C)(C)C)cc(C)cc3C(C)(C)C)c(-c3c(C(C)(C)C)cc(C)cc3C(C)(C)C)c(Sc3ccc(OP(O)O)cc3)c2-c2c(C(C)(C)C)cc(C)cc2C(C)(C)C)c(C(C)(C)C)c1. The first-order valence-electron chi connectivity index (χ1n) is 28.9. The molecule has 0 heterocycles. The second-order valence-electron chi connectivity index (χ2n) is 31.4. The molecule has 6 nitrogen and oxygen atoms in total. The Hall–Kier alpha value is -4.03. The normalized spacial score (nSPS) is 13.5. The van der Waals surface area contributed by atoms with Crippen molar-refractivity contribution in [2.75, 3.05) is 0 Å². The molecule has 6 aromatic carbocycles. The average molecular weight is 1160 g/mol. The summed E-state index contributed by atoms with van der Waals surface area (Å²) >= 11 is 1.70. The Morgan fingerprint density at radius 1 is 0.296 bits per heavy atom. The zero-order valence-electron chi connectivity index (χ0n) is 54.8. The summed E-state index contributed by atoms with van der Waals surface area (Å²) in [6.07, 6.45) is 0. The Morgan fingerprint density at radius 3 is 0.704 bits per heavy atom. The molecule has 0 saturated heterocycles. The summed E-state index contributed by atoms with van der Waals surface area (Å²) in [5.41, 5.74) is 18.1. The predicted molar refractivity (Wildman–Crippen MR) is 351 cm³/mol. The number of hydrogen-bond acceptors (Lipinski definition) is 7. The van der Waals surface area contributed by atoms with Crippen molar-refractivity contribution in [2.45, 2.75) is 247 Å². The zero-order chi connectivity index (χ0) is 61.6. The summed E-state index contributed by atoms with van der Waals surface area (Å²) in [4.78, 5) is 46.6. The third-order valence-corrected chi connectivity index (χ3v) is 17.2. The third-order valence-electron chi connectivity index (χ3n) is 15.4. The molecule has 0 aromatic heterocycles. The van der Waals surface area contributed by atoms with E-state index < -0.39 is 60.5 Å². The van der Waals surface area contributed by atoms with Crippen molar-refractivity contribution in [1.29, 1.82) is 0 Å². The minimum atomic E-state index is -3.08. The molecule has 0 spiro atoms. The first-order chi connectivity index (χ1) is 36.5. The summed E-state index contributed by atoms with van der Waals surface area (Å²) in [7, 11) is -5.73. The molecule has 0 fully saturated rings. The number of hydrogen-bond donors (Lipinski definition) is 4. The standard InChI is InChI=1S/C72H100O6P2S/c1-41-33-47(65(5,6)7)55(48(34-41)66(8,9)10)59-61(57-51(69(17,18)19)37-43(3)38-52(57)70(20,21)22)64(81-46-31-29-45(30-32-46)77-79(73)74)62(58-53(71(23,24)25)39-44(4)40-54(58)72(26,27)28)60(63(59)78-80(75)76)56-49(67(11,12)13)35-42(2)36-50(56)68(14,15)16/h29-40,73-76H,1-28H3. The number of benzene rings is 6. The van der Waals surface area contributed by atoms with Crippen molar-refractivity contribution in [1.82, 2.24) is 0 Å². The van der Waals surface area contributed by atoms with Crippen LogP contribution in [0.15, 0.2) is 82.6 Å². The number of rotatable bonds is 10. The van der Waals surface area contributed by atoms with Gasteiger partial charge in [0.1, 0.15) is 11.5 Å². The highest BCUT2D eigenvalue weighted by atomic mass is 32.2. The summed E-state index contributed by atoms with van der Waals surface area (Å²) in [6.45, 7) is 64.1. The molecule has 0 aliphatic heterocycles. The van der Waals surface area contributed by atoms with Crippen molar-refractivity contribution < 1.29 is 28.6 Å². The van der Waals surface area contributed by atoms with Gasteiger partial charge >= 0.3 is 17.2 Å². The second kappa shape index (κ2) is 22.8. The van der Waals surface area contributed by atoms with Gasteiger partial charge in [0.2, 0.25) is 0 Å². The maximum Gasteiger partial charge on any atom is 0.391 e. The molecule has 4 N–H and O–H groups in total. The van der Waals surface area contributed by atoms with E-state index in [9.17, 15) is 19.6 Å². The fraction of sp³-hybridized carbons (Fsp3) is 0.500. The Morgan fingerprint density at radius 2 is 0.506 bits per heavy atom. The monoisotopic (exact) mass is 1150 g/mol. The molecular weight excluding hydrogens is 1050 g/mol. The van der Waals surface area contributed by atoms with Gasteiger partial charge in [-0.15, -0.1) is 0 Å². The van der Waals surface area contributed by atoms with Gasteiger partial charge in [0.25, 0.3) is 0 Å². The van der Waals surface area contributed by atoms with Gasteiger partial charge in [0, 0.05) is 32.0 Å². The largest absolute Gasteiger partial charge is 0.427 e. The van der Waals surface area contributed by atoms with Crippen LogP contribution >= 0.6 is 29.0 Å². The molecule has 0 bridgehead atoms. The Balaban J connectivity index is 2.39. The van der Waals surface area contributed by atoms with Crippen molar-refractivity contribution >= 4 is 29.0 Å². The van der Waals surface area contributed by atoms with E-state index >= 15 is 0 Å². The lowest BCUT2D eigenvalue weighted by Gasteiger charge is -2.40. The Kier molecular flexibility index (Phi) is 18.6. The van der Waals surface area contributed by atoms with Crippen LogP contribution in [0.25, 0.3) is 44.5 Å². The van der Waals surface area contributed by atoms with Crippen molar-refractivity contribution in [3.8, 4) is 56.0 Å². The molecular formula is C72H100O6P2S. The zero-order valence-corrected chi connectivity index (χ0v) is 57.4. The summed E-state index contributed by atoms with van der Waals surface area (Å²) in [5.74, 6) is 0.782. The summed E-state index contributed by atoms with van der Waals surface area (Å²) < 4.78 is 12.9. The molecule has 0 amide bonds. The van der Waals surface area contributed by atoms with Crippen LogP contribution in [0.1, 0.15) is 233 Å². The molecule has 0 radical (unpaired) electrons. The van der Waals surface area contributed by atoms with Gasteiger partial charge < -0.3 is 28.6 Å². The summed E-state index contributed by atoms with van der Waals surface area (Å²) in [5, 5.41) is 0. The van der Waals surface area contributed by atoms with E-state index in [-0.39, 0.29) is 0 Å². The lowest BCUT2D eigenvalue weighted by Crippen LogP contribution is -2.24. The van der Waals surface area contributed by atoms with E-state index in [1.807, 2.05) is 24.3 Å². The van der Waals surface area contributed by atoms with E-state index in [1.54, 1.807) is 11.8 Å². The molecule has 81 heavy (non-hydrogen) atoms. The van der Waals surface area contributed by atoms with E-state index in [0.29, 0.717) is 11.5 Å². The van der Waals surface area contributed by atoms with Gasteiger partial charge in [-0.05, 0) is 162 Å². The molecule has 0 aliphatic carbocycles. The van der Waals surface area contributed by atoms with Gasteiger partial charge in [-0.25, -0.2) is 0 Å². The van der Waals surface area contributed by atoms with Crippen LogP contribution in [-0.2, 0) is 43.3 Å². The highest BCUT2D eigenvalue weighted by Gasteiger charge is 2.43. The molecule has 0 aliphatic rings. The Bertz CT molecular complexity index is 3000. The molecule has 0 atom stereocenters. The Labute approximate surface area is 497 Å². The topological polar surface area (TPSA) is 99.4 Å². The quantitative estimate of drug-likeness (QED) is 0.101. The highest BCUT2D eigenvalue weighted by molar-refractivity contribution is 7.99. The lowest BCUT2D eigenvalue weighted by atomic mass is 9.66. The van der Waals surface area contributed by atoms with E-state index in [4.69, 9.17) is 9.05 Å². The van der Waals surface area contributed by atoms with Gasteiger partial charge in [-0.2, -0.15) is 0 Å². The van der Waals surface area contributed by atoms with Gasteiger partial charge in [-0.3, -0.25) is 0 Å². The van der Waals surface area contributed by atoms with Crippen molar-refractivity contribution in [3.05, 3.63) is 140 Å². The minimum Gasteiger partial charge on any atom is -0.427 e. The van der Waals surface area contributed by atoms with Crippen LogP contribution in [0.5, 0.6) is 11.5 Å². The second-order valence-corrected chi connectivity index (χ2v) is 33.8. The predicted octanol–water partition coefficient (Wildman–Crippen LogP) is 21.3. The van der Waals surface area contributed by atoms with Crippen LogP contribution in [0, 0.1) is 27.7 Å². The average Bonchev–Trinajstić information content (AvgIpc) is 3.14. The summed E-state index contributed by atoms with van der Waals surface area (Å²) in [6, 6.07) is 26.6. The molecule has 6 aromatic rings. The third kappa shape index (κ3) is 14.4. The first kappa shape index (κ1) is 66.1. The fourth-order valence-electron chi connectivity index (χ4n) is 11.7. The highest BCUT2D eigenvalue weighted by Crippen LogP contribution is 2.65. The molecule has 9 heteroatoms. The molecule has 440 valence electrons. The molecule has 0 unspecified atom stereocenters. The van der Waals surface area contributed by atoms with Crippen LogP contribution in [-0.4, -0.2) is 19.6 Å². The van der Waals surface area contributed by atoms with E-state index in [1.165, 1.54) is 0 Å².